The highest BCUT2D eigenvalue weighted by molar-refractivity contribution is 7.80. The van der Waals surface area contributed by atoms with Gasteiger partial charge in [-0.1, -0.05) is 18.2 Å². The fourth-order valence-corrected chi connectivity index (χ4v) is 1.24. The normalized spacial score (nSPS) is 9.38. The van der Waals surface area contributed by atoms with Crippen molar-refractivity contribution in [1.82, 2.24) is 5.32 Å². The minimum atomic E-state index is -0.300. The van der Waals surface area contributed by atoms with E-state index in [1.165, 1.54) is 0 Å². The van der Waals surface area contributed by atoms with Gasteiger partial charge in [-0.05, 0) is 43.4 Å². The molecule has 1 rings (SSSR count). The van der Waals surface area contributed by atoms with Gasteiger partial charge < -0.3 is 5.32 Å². The van der Waals surface area contributed by atoms with Crippen LogP contribution in [0, 0.1) is 0 Å². The van der Waals surface area contributed by atoms with Crippen molar-refractivity contribution in [1.29, 1.82) is 0 Å². The summed E-state index contributed by atoms with van der Waals surface area (Å²) >= 11 is 10.7. The van der Waals surface area contributed by atoms with Gasteiger partial charge in [-0.2, -0.15) is 0 Å². The van der Waals surface area contributed by atoms with E-state index in [0.717, 1.165) is 5.69 Å². The van der Waals surface area contributed by atoms with E-state index >= 15 is 0 Å². The maximum Gasteiger partial charge on any atom is 0.252 e. The second-order valence-corrected chi connectivity index (χ2v) is 4.04. The molecule has 0 atom stereocenters. The second-order valence-electron chi connectivity index (χ2n) is 3.20. The highest BCUT2D eigenvalue weighted by Gasteiger charge is 2.04. The van der Waals surface area contributed by atoms with Crippen LogP contribution in [0.3, 0.4) is 0 Å². The van der Waals surface area contributed by atoms with Gasteiger partial charge in [0.2, 0.25) is 0 Å². The van der Waals surface area contributed by atoms with Crippen molar-refractivity contribution in [3.63, 3.8) is 0 Å². The van der Waals surface area contributed by atoms with Crippen molar-refractivity contribution in [2.75, 3.05) is 5.32 Å². The van der Waals surface area contributed by atoms with Crippen LogP contribution in [-0.2, 0) is 4.79 Å². The number of hydrogen-bond donors (Lipinski definition) is 2. The summed E-state index contributed by atoms with van der Waals surface area (Å²) in [5.74, 6) is -0.300. The summed E-state index contributed by atoms with van der Waals surface area (Å²) in [6.07, 6.45) is 0. The van der Waals surface area contributed by atoms with Gasteiger partial charge in [0.1, 0.15) is 0 Å². The number of hydrogen-bond acceptors (Lipinski definition) is 2. The molecule has 0 aromatic heterocycles. The monoisotopic (exact) mass is 254 g/mol. The molecule has 5 heteroatoms. The van der Waals surface area contributed by atoms with Gasteiger partial charge >= 0.3 is 0 Å². The molecule has 0 fully saturated rings. The average molecular weight is 255 g/mol. The standard InChI is InChI=1S/C11H11ClN2OS/c1-7(2)10(15)14-11(16)13-9-5-3-8(12)4-6-9/h3-6H,1H2,2H3,(H2,13,14,15,16). The van der Waals surface area contributed by atoms with Gasteiger partial charge in [0.25, 0.3) is 5.91 Å². The number of rotatable bonds is 2. The van der Waals surface area contributed by atoms with Crippen LogP contribution >= 0.6 is 23.8 Å². The van der Waals surface area contributed by atoms with E-state index < -0.39 is 0 Å². The minimum absolute atomic E-state index is 0.232. The Labute approximate surface area is 104 Å². The number of nitrogens with one attached hydrogen (secondary N) is 2. The summed E-state index contributed by atoms with van der Waals surface area (Å²) in [4.78, 5) is 11.2. The third-order valence-electron chi connectivity index (χ3n) is 1.72. The molecular formula is C11H11ClN2OS. The van der Waals surface area contributed by atoms with Gasteiger partial charge in [-0.25, -0.2) is 0 Å². The molecule has 0 unspecified atom stereocenters. The molecule has 0 heterocycles. The van der Waals surface area contributed by atoms with E-state index in [9.17, 15) is 4.79 Å². The molecule has 84 valence electrons. The minimum Gasteiger partial charge on any atom is -0.332 e. The number of amides is 1. The Morgan fingerprint density at radius 2 is 1.94 bits per heavy atom. The summed E-state index contributed by atoms with van der Waals surface area (Å²) in [6, 6.07) is 6.99. The first kappa shape index (κ1) is 12.7. The van der Waals surface area contributed by atoms with Crippen LogP contribution in [0.15, 0.2) is 36.4 Å². The zero-order chi connectivity index (χ0) is 12.1. The molecule has 0 bridgehead atoms. The van der Waals surface area contributed by atoms with Crippen LogP contribution < -0.4 is 10.6 Å². The Morgan fingerprint density at radius 1 is 1.38 bits per heavy atom. The Kier molecular flexibility index (Phi) is 4.46. The fourth-order valence-electron chi connectivity index (χ4n) is 0.905. The predicted octanol–water partition coefficient (Wildman–Crippen LogP) is 2.73. The summed E-state index contributed by atoms with van der Waals surface area (Å²) < 4.78 is 0. The number of carbonyl (C=O) groups excluding carboxylic acids is 1. The largest absolute Gasteiger partial charge is 0.332 e. The molecule has 1 amide bonds. The molecule has 0 aliphatic rings. The van der Waals surface area contributed by atoms with Crippen molar-refractivity contribution in [2.24, 2.45) is 0 Å². The lowest BCUT2D eigenvalue weighted by molar-refractivity contribution is -0.116. The Balaban J connectivity index is 2.55. The highest BCUT2D eigenvalue weighted by Crippen LogP contribution is 2.13. The summed E-state index contributed by atoms with van der Waals surface area (Å²) in [5, 5.41) is 6.22. The van der Waals surface area contributed by atoms with Crippen molar-refractivity contribution in [2.45, 2.75) is 6.92 Å². The van der Waals surface area contributed by atoms with Crippen LogP contribution in [0.5, 0.6) is 0 Å². The van der Waals surface area contributed by atoms with Crippen LogP contribution in [0.1, 0.15) is 6.92 Å². The number of benzene rings is 1. The zero-order valence-electron chi connectivity index (χ0n) is 8.71. The molecule has 1 aromatic carbocycles. The van der Waals surface area contributed by atoms with Gasteiger partial charge in [0.05, 0.1) is 0 Å². The summed E-state index contributed by atoms with van der Waals surface area (Å²) in [6.45, 7) is 5.12. The Bertz CT molecular complexity index is 428. The van der Waals surface area contributed by atoms with Crippen molar-refractivity contribution in [3.05, 3.63) is 41.4 Å². The first-order valence-corrected chi connectivity index (χ1v) is 5.31. The summed E-state index contributed by atoms with van der Waals surface area (Å²) in [7, 11) is 0. The number of thiocarbonyl (C=S) groups is 1. The lowest BCUT2D eigenvalue weighted by Crippen LogP contribution is -2.34. The third-order valence-corrected chi connectivity index (χ3v) is 2.17. The molecular weight excluding hydrogens is 244 g/mol. The van der Waals surface area contributed by atoms with Crippen LogP contribution in [0.25, 0.3) is 0 Å². The van der Waals surface area contributed by atoms with Crippen molar-refractivity contribution in [3.8, 4) is 0 Å². The molecule has 0 saturated carbocycles. The molecule has 0 spiro atoms. The van der Waals surface area contributed by atoms with Crippen LogP contribution in [0.2, 0.25) is 5.02 Å². The first-order valence-electron chi connectivity index (χ1n) is 4.52. The highest BCUT2D eigenvalue weighted by atomic mass is 35.5. The second kappa shape index (κ2) is 5.63. The van der Waals surface area contributed by atoms with Gasteiger partial charge in [0, 0.05) is 16.3 Å². The Morgan fingerprint density at radius 3 is 2.44 bits per heavy atom. The summed E-state index contributed by atoms with van der Waals surface area (Å²) in [5.41, 5.74) is 1.16. The maximum atomic E-state index is 11.2. The van der Waals surface area contributed by atoms with E-state index in [4.69, 9.17) is 23.8 Å². The SMILES string of the molecule is C=C(C)C(=O)NC(=S)Nc1ccc(Cl)cc1. The molecule has 16 heavy (non-hydrogen) atoms. The molecule has 1 aromatic rings. The van der Waals surface area contributed by atoms with Crippen molar-refractivity contribution >= 4 is 40.5 Å². The van der Waals surface area contributed by atoms with E-state index in [2.05, 4.69) is 17.2 Å². The lowest BCUT2D eigenvalue weighted by atomic mass is 10.3. The maximum absolute atomic E-state index is 11.2. The van der Waals surface area contributed by atoms with Crippen LogP contribution in [-0.4, -0.2) is 11.0 Å². The predicted molar refractivity (Wildman–Crippen MR) is 70.6 cm³/mol. The molecule has 3 nitrogen and oxygen atoms in total. The van der Waals surface area contributed by atoms with E-state index in [-0.39, 0.29) is 11.0 Å². The fraction of sp³-hybridized carbons (Fsp3) is 0.0909. The zero-order valence-corrected chi connectivity index (χ0v) is 10.3. The number of halogens is 1. The smallest absolute Gasteiger partial charge is 0.252 e. The third kappa shape index (κ3) is 4.00. The number of carbonyl (C=O) groups is 1. The first-order chi connectivity index (χ1) is 7.49. The van der Waals surface area contributed by atoms with E-state index in [0.29, 0.717) is 10.6 Å². The average Bonchev–Trinajstić information content (AvgIpc) is 2.21. The molecule has 0 aliphatic carbocycles. The molecule has 0 saturated heterocycles. The number of anilines is 1. The van der Waals surface area contributed by atoms with Crippen LogP contribution in [0.4, 0.5) is 5.69 Å². The van der Waals surface area contributed by atoms with Gasteiger partial charge in [-0.3, -0.25) is 10.1 Å². The van der Waals surface area contributed by atoms with Gasteiger partial charge in [0.15, 0.2) is 5.11 Å². The molecule has 2 N–H and O–H groups in total. The van der Waals surface area contributed by atoms with Crippen molar-refractivity contribution < 1.29 is 4.79 Å². The van der Waals surface area contributed by atoms with E-state index in [1.807, 2.05) is 0 Å². The quantitative estimate of drug-likeness (QED) is 0.630. The van der Waals surface area contributed by atoms with E-state index in [1.54, 1.807) is 31.2 Å². The lowest BCUT2D eigenvalue weighted by Gasteiger charge is -2.09. The molecule has 0 radical (unpaired) electrons. The topological polar surface area (TPSA) is 41.1 Å². The Hall–Kier alpha value is -1.39. The molecule has 0 aliphatic heterocycles. The van der Waals surface area contributed by atoms with Gasteiger partial charge in [-0.15, -0.1) is 0 Å².